The van der Waals surface area contributed by atoms with Crippen LogP contribution in [0.3, 0.4) is 0 Å². The van der Waals surface area contributed by atoms with Gasteiger partial charge in [0.1, 0.15) is 0 Å². The molecule has 84 valence electrons. The number of hydrogen-bond acceptors (Lipinski definition) is 3. The maximum absolute atomic E-state index is 11.0. The van der Waals surface area contributed by atoms with Crippen LogP contribution in [-0.2, 0) is 0 Å². The van der Waals surface area contributed by atoms with E-state index in [-0.39, 0.29) is 11.6 Å². The van der Waals surface area contributed by atoms with E-state index in [2.05, 4.69) is 10.1 Å². The lowest BCUT2D eigenvalue weighted by atomic mass is 10.0. The molecule has 0 saturated heterocycles. The van der Waals surface area contributed by atoms with Gasteiger partial charge in [-0.15, -0.1) is 0 Å². The van der Waals surface area contributed by atoms with Gasteiger partial charge in [0.15, 0.2) is 11.3 Å². The Kier molecular flexibility index (Phi) is 2.55. The molecule has 2 rings (SSSR count). The fourth-order valence-electron chi connectivity index (χ4n) is 1.62. The van der Waals surface area contributed by atoms with Gasteiger partial charge in [-0.05, 0) is 5.92 Å². The summed E-state index contributed by atoms with van der Waals surface area (Å²) in [5.41, 5.74) is 1.20. The van der Waals surface area contributed by atoms with Crippen molar-refractivity contribution in [1.29, 1.82) is 0 Å². The summed E-state index contributed by atoms with van der Waals surface area (Å²) in [5, 5.41) is 13.4. The third kappa shape index (κ3) is 1.63. The summed E-state index contributed by atoms with van der Waals surface area (Å²) in [5.74, 6) is -1.01. The van der Waals surface area contributed by atoms with E-state index in [0.717, 1.165) is 0 Å². The van der Waals surface area contributed by atoms with E-state index in [4.69, 9.17) is 16.7 Å². The van der Waals surface area contributed by atoms with Gasteiger partial charge in [0.25, 0.3) is 0 Å². The van der Waals surface area contributed by atoms with E-state index in [1.165, 1.54) is 10.7 Å². The average molecular weight is 240 g/mol. The molecule has 0 aliphatic heterocycles. The largest absolute Gasteiger partial charge is 0.476 e. The number of aromatic nitrogens is 3. The summed E-state index contributed by atoms with van der Waals surface area (Å²) in [6.45, 7) is 3.81. The molecular formula is C10H10ClN3O2. The molecule has 0 radical (unpaired) electrons. The van der Waals surface area contributed by atoms with Crippen LogP contribution in [0.25, 0.3) is 5.65 Å². The Hall–Kier alpha value is -1.62. The van der Waals surface area contributed by atoms with Crippen molar-refractivity contribution < 1.29 is 9.90 Å². The lowest BCUT2D eigenvalue weighted by Crippen LogP contribution is -2.02. The molecule has 6 heteroatoms. The van der Waals surface area contributed by atoms with Crippen molar-refractivity contribution in [1.82, 2.24) is 14.6 Å². The van der Waals surface area contributed by atoms with Crippen LogP contribution in [0, 0.1) is 0 Å². The van der Waals surface area contributed by atoms with Gasteiger partial charge in [0, 0.05) is 11.8 Å². The monoisotopic (exact) mass is 239 g/mol. The van der Waals surface area contributed by atoms with Crippen LogP contribution < -0.4 is 0 Å². The van der Waals surface area contributed by atoms with Gasteiger partial charge in [0.05, 0.1) is 11.2 Å². The van der Waals surface area contributed by atoms with Crippen molar-refractivity contribution in [2.24, 2.45) is 0 Å². The quantitative estimate of drug-likeness (QED) is 0.873. The van der Waals surface area contributed by atoms with Gasteiger partial charge in [-0.2, -0.15) is 5.10 Å². The second kappa shape index (κ2) is 3.75. The Morgan fingerprint density at radius 2 is 2.25 bits per heavy atom. The number of fused-ring (bicyclic) bond motifs is 1. The van der Waals surface area contributed by atoms with Crippen molar-refractivity contribution in [3.05, 3.63) is 28.7 Å². The fourth-order valence-corrected chi connectivity index (χ4v) is 1.76. The predicted octanol–water partition coefficient (Wildman–Crippen LogP) is 2.20. The maximum atomic E-state index is 11.0. The number of carboxylic acid groups (broad SMARTS) is 1. The molecule has 0 aliphatic carbocycles. The van der Waals surface area contributed by atoms with E-state index in [1.54, 1.807) is 6.20 Å². The topological polar surface area (TPSA) is 67.5 Å². The van der Waals surface area contributed by atoms with E-state index >= 15 is 0 Å². The first kappa shape index (κ1) is 10.9. The van der Waals surface area contributed by atoms with Crippen molar-refractivity contribution in [3.8, 4) is 0 Å². The molecule has 0 saturated carbocycles. The minimum atomic E-state index is -1.05. The van der Waals surface area contributed by atoms with E-state index in [1.807, 2.05) is 13.8 Å². The molecule has 0 atom stereocenters. The first-order valence-corrected chi connectivity index (χ1v) is 5.15. The van der Waals surface area contributed by atoms with Gasteiger partial charge in [-0.1, -0.05) is 25.4 Å². The molecule has 0 amide bonds. The third-order valence-corrected chi connectivity index (χ3v) is 2.45. The second-order valence-electron chi connectivity index (χ2n) is 3.76. The molecule has 5 nitrogen and oxygen atoms in total. The van der Waals surface area contributed by atoms with Crippen molar-refractivity contribution in [2.75, 3.05) is 0 Å². The number of aromatic carboxylic acids is 1. The Morgan fingerprint density at radius 3 is 2.81 bits per heavy atom. The van der Waals surface area contributed by atoms with Crippen LogP contribution >= 0.6 is 11.6 Å². The predicted molar refractivity (Wildman–Crippen MR) is 59.0 cm³/mol. The highest BCUT2D eigenvalue weighted by molar-refractivity contribution is 6.30. The number of rotatable bonds is 2. The van der Waals surface area contributed by atoms with E-state index < -0.39 is 5.97 Å². The maximum Gasteiger partial charge on any atom is 0.356 e. The minimum Gasteiger partial charge on any atom is -0.476 e. The van der Waals surface area contributed by atoms with Crippen molar-refractivity contribution in [2.45, 2.75) is 19.8 Å². The summed E-state index contributed by atoms with van der Waals surface area (Å²) < 4.78 is 1.40. The van der Waals surface area contributed by atoms with Gasteiger partial charge in [-0.25, -0.2) is 14.3 Å². The van der Waals surface area contributed by atoms with Crippen LogP contribution in [0.15, 0.2) is 12.4 Å². The Balaban J connectivity index is 2.81. The zero-order valence-electron chi connectivity index (χ0n) is 8.81. The first-order chi connectivity index (χ1) is 7.50. The number of carboxylic acids is 1. The van der Waals surface area contributed by atoms with Crippen LogP contribution in [0.5, 0.6) is 0 Å². The zero-order valence-corrected chi connectivity index (χ0v) is 9.56. The first-order valence-electron chi connectivity index (χ1n) is 4.77. The molecule has 2 heterocycles. The number of carbonyl (C=O) groups is 1. The van der Waals surface area contributed by atoms with Gasteiger partial charge >= 0.3 is 5.97 Å². The standard InChI is InChI=1S/C10H10ClN3O2/c1-5(2)7-8(10(15)16)13-14-4-6(11)3-12-9(7)14/h3-5H,1-2H3,(H,15,16). The molecule has 0 aliphatic rings. The van der Waals surface area contributed by atoms with Crippen LogP contribution in [-0.4, -0.2) is 25.7 Å². The van der Waals surface area contributed by atoms with Crippen LogP contribution in [0.1, 0.15) is 35.8 Å². The molecule has 0 spiro atoms. The highest BCUT2D eigenvalue weighted by Crippen LogP contribution is 2.24. The lowest BCUT2D eigenvalue weighted by Gasteiger charge is -2.02. The molecule has 0 bridgehead atoms. The Bertz CT molecular complexity index is 562. The molecule has 0 unspecified atom stereocenters. The van der Waals surface area contributed by atoms with Crippen LogP contribution in [0.4, 0.5) is 0 Å². The molecule has 0 aromatic carbocycles. The Morgan fingerprint density at radius 1 is 1.56 bits per heavy atom. The Labute approximate surface area is 96.7 Å². The summed E-state index contributed by atoms with van der Waals surface area (Å²) in [6.07, 6.45) is 3.03. The summed E-state index contributed by atoms with van der Waals surface area (Å²) in [4.78, 5) is 15.2. The number of halogens is 1. The smallest absolute Gasteiger partial charge is 0.356 e. The average Bonchev–Trinajstić information content (AvgIpc) is 2.55. The molecule has 16 heavy (non-hydrogen) atoms. The van der Waals surface area contributed by atoms with Crippen LogP contribution in [0.2, 0.25) is 5.02 Å². The summed E-state index contributed by atoms with van der Waals surface area (Å²) in [6, 6.07) is 0. The highest BCUT2D eigenvalue weighted by atomic mass is 35.5. The minimum absolute atomic E-state index is 0.0322. The summed E-state index contributed by atoms with van der Waals surface area (Å²) >= 11 is 5.77. The molecule has 2 aromatic heterocycles. The highest BCUT2D eigenvalue weighted by Gasteiger charge is 2.21. The molecular weight excluding hydrogens is 230 g/mol. The summed E-state index contributed by atoms with van der Waals surface area (Å²) in [7, 11) is 0. The molecule has 2 aromatic rings. The normalized spacial score (nSPS) is 11.2. The van der Waals surface area contributed by atoms with E-state index in [9.17, 15) is 4.79 Å². The number of hydrogen-bond donors (Lipinski definition) is 1. The third-order valence-electron chi connectivity index (χ3n) is 2.26. The van der Waals surface area contributed by atoms with E-state index in [0.29, 0.717) is 16.2 Å². The second-order valence-corrected chi connectivity index (χ2v) is 4.20. The van der Waals surface area contributed by atoms with Crippen molar-refractivity contribution >= 4 is 23.2 Å². The number of nitrogens with zero attached hydrogens (tertiary/aromatic N) is 3. The molecule has 0 fully saturated rings. The molecule has 1 N–H and O–H groups in total. The lowest BCUT2D eigenvalue weighted by molar-refractivity contribution is 0.0688. The fraction of sp³-hybridized carbons (Fsp3) is 0.300. The van der Waals surface area contributed by atoms with Gasteiger partial charge in [0.2, 0.25) is 0 Å². The zero-order chi connectivity index (χ0) is 11.9. The van der Waals surface area contributed by atoms with Gasteiger partial charge < -0.3 is 5.11 Å². The SMILES string of the molecule is CC(C)c1c(C(=O)O)nn2cc(Cl)cnc12. The van der Waals surface area contributed by atoms with Crippen molar-refractivity contribution in [3.63, 3.8) is 0 Å². The van der Waals surface area contributed by atoms with Gasteiger partial charge in [-0.3, -0.25) is 0 Å².